The van der Waals surface area contributed by atoms with E-state index in [1.165, 1.54) is 18.3 Å². The number of thioether (sulfide) groups is 1. The number of nitrogens with zero attached hydrogens (tertiary/aromatic N) is 3. The van der Waals surface area contributed by atoms with E-state index in [9.17, 15) is 9.59 Å². The Morgan fingerprint density at radius 3 is 2.74 bits per heavy atom. The van der Waals surface area contributed by atoms with Crippen molar-refractivity contribution >= 4 is 49.5 Å². The molecule has 0 atom stereocenters. The molecule has 0 unspecified atom stereocenters. The molecule has 2 aromatic heterocycles. The third-order valence-electron chi connectivity index (χ3n) is 3.89. The lowest BCUT2D eigenvalue weighted by Gasteiger charge is -2.19. The van der Waals surface area contributed by atoms with Crippen LogP contribution in [0.5, 0.6) is 5.75 Å². The zero-order chi connectivity index (χ0) is 19.4. The van der Waals surface area contributed by atoms with Gasteiger partial charge in [-0.05, 0) is 30.7 Å². The highest BCUT2D eigenvalue weighted by molar-refractivity contribution is 8.14. The fourth-order valence-electron chi connectivity index (χ4n) is 2.54. The standard InChI is InChI=1S/C19H19N3O3S2/c1-12-7-8-15(25-3)17-18(12)27-19(21-17)22(16(24)11-26-13(2)23)10-14-6-4-5-9-20-14/h4-9H,10-11H2,1-3H3. The van der Waals surface area contributed by atoms with Gasteiger partial charge in [-0.15, -0.1) is 0 Å². The molecule has 1 amide bonds. The second-order valence-electron chi connectivity index (χ2n) is 5.84. The second kappa shape index (κ2) is 8.49. The van der Waals surface area contributed by atoms with Gasteiger partial charge in [-0.2, -0.15) is 0 Å². The number of rotatable bonds is 6. The number of methoxy groups -OCH3 is 1. The number of carbonyl (C=O) groups excluding carboxylic acids is 2. The van der Waals surface area contributed by atoms with Gasteiger partial charge in [0.05, 0.1) is 29.8 Å². The maximum atomic E-state index is 12.8. The predicted molar refractivity (Wildman–Crippen MR) is 109 cm³/mol. The first-order valence-electron chi connectivity index (χ1n) is 8.27. The lowest BCUT2D eigenvalue weighted by molar-refractivity contribution is -0.116. The summed E-state index contributed by atoms with van der Waals surface area (Å²) < 4.78 is 6.39. The molecule has 8 heteroatoms. The van der Waals surface area contributed by atoms with Crippen molar-refractivity contribution in [2.45, 2.75) is 20.4 Å². The van der Waals surface area contributed by atoms with Crippen LogP contribution >= 0.6 is 23.1 Å². The van der Waals surface area contributed by atoms with E-state index >= 15 is 0 Å². The summed E-state index contributed by atoms with van der Waals surface area (Å²) >= 11 is 2.43. The minimum atomic E-state index is -0.184. The molecule has 0 radical (unpaired) electrons. The van der Waals surface area contributed by atoms with E-state index in [1.54, 1.807) is 18.2 Å². The number of pyridine rings is 1. The molecule has 0 N–H and O–H groups in total. The van der Waals surface area contributed by atoms with Crippen molar-refractivity contribution in [3.8, 4) is 5.75 Å². The quantitative estimate of drug-likeness (QED) is 0.625. The fraction of sp³-hybridized carbons (Fsp3) is 0.263. The van der Waals surface area contributed by atoms with E-state index in [2.05, 4.69) is 9.97 Å². The molecule has 0 bridgehead atoms. The number of ether oxygens (including phenoxy) is 1. The average molecular weight is 402 g/mol. The number of hydrogen-bond acceptors (Lipinski definition) is 7. The van der Waals surface area contributed by atoms with E-state index in [-0.39, 0.29) is 16.8 Å². The lowest BCUT2D eigenvalue weighted by Crippen LogP contribution is -2.32. The molecule has 140 valence electrons. The Bertz CT molecular complexity index is 973. The van der Waals surface area contributed by atoms with E-state index in [0.717, 1.165) is 33.2 Å². The van der Waals surface area contributed by atoms with Gasteiger partial charge in [0.25, 0.3) is 0 Å². The van der Waals surface area contributed by atoms with Crippen LogP contribution in [-0.4, -0.2) is 33.9 Å². The van der Waals surface area contributed by atoms with Gasteiger partial charge in [0.2, 0.25) is 5.91 Å². The molecule has 2 heterocycles. The third-order valence-corrected chi connectivity index (χ3v) is 5.90. The van der Waals surface area contributed by atoms with Gasteiger partial charge in [-0.1, -0.05) is 35.2 Å². The number of benzene rings is 1. The van der Waals surface area contributed by atoms with Gasteiger partial charge >= 0.3 is 0 Å². The number of amides is 1. The van der Waals surface area contributed by atoms with Gasteiger partial charge in [0.1, 0.15) is 11.3 Å². The summed E-state index contributed by atoms with van der Waals surface area (Å²) in [5.41, 5.74) is 2.55. The zero-order valence-corrected chi connectivity index (χ0v) is 16.9. The highest BCUT2D eigenvalue weighted by atomic mass is 32.2. The zero-order valence-electron chi connectivity index (χ0n) is 15.3. The number of anilines is 1. The highest BCUT2D eigenvalue weighted by Gasteiger charge is 2.22. The molecule has 0 aliphatic carbocycles. The maximum absolute atomic E-state index is 12.8. The SMILES string of the molecule is COc1ccc(C)c2sc(N(Cc3ccccn3)C(=O)CSC(C)=O)nc12. The molecule has 0 aliphatic heterocycles. The van der Waals surface area contributed by atoms with Gasteiger partial charge in [0, 0.05) is 13.1 Å². The normalized spacial score (nSPS) is 10.8. The van der Waals surface area contributed by atoms with Crippen LogP contribution in [0, 0.1) is 6.92 Å². The smallest absolute Gasteiger partial charge is 0.239 e. The summed E-state index contributed by atoms with van der Waals surface area (Å²) in [7, 11) is 1.60. The van der Waals surface area contributed by atoms with Crippen LogP contribution in [0.3, 0.4) is 0 Å². The Morgan fingerprint density at radius 2 is 2.07 bits per heavy atom. The number of carbonyl (C=O) groups is 2. The lowest BCUT2D eigenvalue weighted by atomic mass is 10.2. The summed E-state index contributed by atoms with van der Waals surface area (Å²) in [5, 5.41) is 0.473. The maximum Gasteiger partial charge on any atom is 0.239 e. The molecule has 0 fully saturated rings. The van der Waals surface area contributed by atoms with E-state index in [1.807, 2.05) is 37.3 Å². The Morgan fingerprint density at radius 1 is 1.26 bits per heavy atom. The summed E-state index contributed by atoms with van der Waals surface area (Å²) in [6.45, 7) is 3.74. The second-order valence-corrected chi connectivity index (χ2v) is 7.97. The van der Waals surface area contributed by atoms with Crippen LogP contribution in [-0.2, 0) is 16.1 Å². The first-order valence-corrected chi connectivity index (χ1v) is 10.1. The molecule has 3 rings (SSSR count). The van der Waals surface area contributed by atoms with Gasteiger partial charge in [-0.25, -0.2) is 4.98 Å². The van der Waals surface area contributed by atoms with Crippen molar-refractivity contribution in [2.24, 2.45) is 0 Å². The molecular weight excluding hydrogens is 382 g/mol. The number of fused-ring (bicyclic) bond motifs is 1. The minimum absolute atomic E-state index is 0.0637. The Balaban J connectivity index is 2.01. The first kappa shape index (κ1) is 19.3. The number of aromatic nitrogens is 2. The fourth-order valence-corrected chi connectivity index (χ4v) is 4.09. The molecule has 27 heavy (non-hydrogen) atoms. The molecule has 0 spiro atoms. The summed E-state index contributed by atoms with van der Waals surface area (Å²) in [6, 6.07) is 9.41. The number of aryl methyl sites for hydroxylation is 1. The molecule has 0 saturated heterocycles. The summed E-state index contributed by atoms with van der Waals surface area (Å²) in [4.78, 5) is 34.7. The third kappa shape index (κ3) is 4.45. The average Bonchev–Trinajstić information content (AvgIpc) is 3.11. The minimum Gasteiger partial charge on any atom is -0.494 e. The monoisotopic (exact) mass is 401 g/mol. The van der Waals surface area contributed by atoms with Crippen LogP contribution in [0.1, 0.15) is 18.2 Å². The first-order chi connectivity index (χ1) is 13.0. The van der Waals surface area contributed by atoms with Crippen molar-refractivity contribution in [1.82, 2.24) is 9.97 Å². The number of hydrogen-bond donors (Lipinski definition) is 0. The van der Waals surface area contributed by atoms with Crippen molar-refractivity contribution in [3.05, 3.63) is 47.8 Å². The van der Waals surface area contributed by atoms with Crippen LogP contribution < -0.4 is 9.64 Å². The van der Waals surface area contributed by atoms with E-state index in [4.69, 9.17) is 4.74 Å². The molecule has 1 aromatic carbocycles. The van der Waals surface area contributed by atoms with Crippen molar-refractivity contribution < 1.29 is 14.3 Å². The Hall–Kier alpha value is -2.45. The molecule has 0 aliphatic rings. The topological polar surface area (TPSA) is 72.4 Å². The summed E-state index contributed by atoms with van der Waals surface area (Å²) in [5.74, 6) is 0.548. The van der Waals surface area contributed by atoms with Crippen LogP contribution in [0.25, 0.3) is 10.2 Å². The van der Waals surface area contributed by atoms with Gasteiger partial charge in [0.15, 0.2) is 10.2 Å². The molecule has 3 aromatic rings. The largest absolute Gasteiger partial charge is 0.494 e. The van der Waals surface area contributed by atoms with Crippen molar-refractivity contribution in [1.29, 1.82) is 0 Å². The van der Waals surface area contributed by atoms with Gasteiger partial charge < -0.3 is 4.74 Å². The molecule has 0 saturated carbocycles. The Kier molecular flexibility index (Phi) is 6.08. The van der Waals surface area contributed by atoms with Gasteiger partial charge in [-0.3, -0.25) is 19.5 Å². The van der Waals surface area contributed by atoms with E-state index < -0.39 is 0 Å². The van der Waals surface area contributed by atoms with Crippen LogP contribution in [0.4, 0.5) is 5.13 Å². The van der Waals surface area contributed by atoms with E-state index in [0.29, 0.717) is 17.4 Å². The number of thiazole rings is 1. The predicted octanol–water partition coefficient (Wildman–Crippen LogP) is 3.82. The van der Waals surface area contributed by atoms with Crippen LogP contribution in [0.15, 0.2) is 36.5 Å². The van der Waals surface area contributed by atoms with Crippen molar-refractivity contribution in [3.63, 3.8) is 0 Å². The molecular formula is C19H19N3O3S2. The Labute approximate surface area is 165 Å². The van der Waals surface area contributed by atoms with Crippen LogP contribution in [0.2, 0.25) is 0 Å². The summed E-state index contributed by atoms with van der Waals surface area (Å²) in [6.07, 6.45) is 1.69. The highest BCUT2D eigenvalue weighted by Crippen LogP contribution is 2.37. The molecule has 6 nitrogen and oxygen atoms in total. The van der Waals surface area contributed by atoms with Crippen molar-refractivity contribution in [2.75, 3.05) is 17.8 Å².